The van der Waals surface area contributed by atoms with Gasteiger partial charge in [0.15, 0.2) is 0 Å². The second-order valence-corrected chi connectivity index (χ2v) is 20.0. The van der Waals surface area contributed by atoms with Crippen molar-refractivity contribution in [2.45, 2.75) is 328 Å². The van der Waals surface area contributed by atoms with Crippen LogP contribution in [0.15, 0.2) is 24.3 Å². The molecule has 0 aromatic carbocycles. The lowest BCUT2D eigenvalue weighted by atomic mass is 10.0. The fourth-order valence-electron chi connectivity index (χ4n) is 9.04. The molecule has 0 fully saturated rings. The Balaban J connectivity index is 3.48. The lowest BCUT2D eigenvalue weighted by molar-refractivity contribution is -0.143. The van der Waals surface area contributed by atoms with Crippen LogP contribution >= 0.6 is 0 Å². The molecule has 384 valence electrons. The van der Waals surface area contributed by atoms with Gasteiger partial charge in [0.1, 0.15) is 0 Å². The molecule has 2 atom stereocenters. The van der Waals surface area contributed by atoms with Gasteiger partial charge in [-0.25, -0.2) is 0 Å². The number of aliphatic hydroxyl groups excluding tert-OH is 2. The predicted octanol–water partition coefficient (Wildman–Crippen LogP) is 17.9. The zero-order chi connectivity index (χ0) is 47.2. The first-order valence-electron chi connectivity index (χ1n) is 29.1. The SMILES string of the molecule is CCCCCCCCCCCCCCCCCCCCCC(=O)OCCCCC/C=C\C=C/CCCCCCCCC(=O)NC(CO)C(O)CCCCCCCCCCCCCCCC. The lowest BCUT2D eigenvalue weighted by Gasteiger charge is -2.22. The average molecular weight is 917 g/mol. The number of unbranched alkanes of at least 4 members (excludes halogenated alkanes) is 40. The van der Waals surface area contributed by atoms with Gasteiger partial charge in [0.25, 0.3) is 0 Å². The van der Waals surface area contributed by atoms with Crippen molar-refractivity contribution in [1.29, 1.82) is 0 Å². The van der Waals surface area contributed by atoms with Crippen molar-refractivity contribution >= 4 is 11.9 Å². The average Bonchev–Trinajstić information content (AvgIpc) is 3.31. The molecule has 0 spiro atoms. The molecule has 2 unspecified atom stereocenters. The van der Waals surface area contributed by atoms with Crippen molar-refractivity contribution in [1.82, 2.24) is 5.32 Å². The molecule has 0 radical (unpaired) electrons. The number of nitrogens with one attached hydrogen (secondary N) is 1. The molecule has 65 heavy (non-hydrogen) atoms. The van der Waals surface area contributed by atoms with Crippen molar-refractivity contribution in [3.05, 3.63) is 24.3 Å². The molecular weight excluding hydrogens is 803 g/mol. The summed E-state index contributed by atoms with van der Waals surface area (Å²) in [7, 11) is 0. The smallest absolute Gasteiger partial charge is 0.305 e. The summed E-state index contributed by atoms with van der Waals surface area (Å²) in [5.74, 6) is -0.0730. The van der Waals surface area contributed by atoms with Gasteiger partial charge in [0.2, 0.25) is 5.91 Å². The van der Waals surface area contributed by atoms with Crippen LogP contribution in [0.2, 0.25) is 0 Å². The molecule has 0 aromatic heterocycles. The number of carbonyl (C=O) groups is 2. The number of esters is 1. The Morgan fingerprint density at radius 2 is 0.754 bits per heavy atom. The van der Waals surface area contributed by atoms with E-state index in [1.54, 1.807) is 0 Å². The van der Waals surface area contributed by atoms with Crippen molar-refractivity contribution in [2.75, 3.05) is 13.2 Å². The molecule has 6 heteroatoms. The van der Waals surface area contributed by atoms with E-state index >= 15 is 0 Å². The van der Waals surface area contributed by atoms with Crippen LogP contribution in [0, 0.1) is 0 Å². The number of carbonyl (C=O) groups excluding carboxylic acids is 2. The Hall–Kier alpha value is -1.66. The summed E-state index contributed by atoms with van der Waals surface area (Å²) >= 11 is 0. The number of hydrogen-bond donors (Lipinski definition) is 3. The molecule has 0 heterocycles. The van der Waals surface area contributed by atoms with E-state index in [0.717, 1.165) is 77.0 Å². The molecule has 3 N–H and O–H groups in total. The maximum absolute atomic E-state index is 12.5. The predicted molar refractivity (Wildman–Crippen MR) is 283 cm³/mol. The third kappa shape index (κ3) is 51.6. The van der Waals surface area contributed by atoms with Gasteiger partial charge in [0, 0.05) is 12.8 Å². The number of aliphatic hydroxyl groups is 2. The Bertz CT molecular complexity index is 1010. The highest BCUT2D eigenvalue weighted by molar-refractivity contribution is 5.76. The van der Waals surface area contributed by atoms with E-state index < -0.39 is 12.1 Å². The zero-order valence-electron chi connectivity index (χ0n) is 43.7. The van der Waals surface area contributed by atoms with Gasteiger partial charge in [-0.2, -0.15) is 0 Å². The van der Waals surface area contributed by atoms with Crippen LogP contribution in [0.4, 0.5) is 0 Å². The largest absolute Gasteiger partial charge is 0.466 e. The van der Waals surface area contributed by atoms with Gasteiger partial charge >= 0.3 is 5.97 Å². The lowest BCUT2D eigenvalue weighted by Crippen LogP contribution is -2.45. The van der Waals surface area contributed by atoms with Gasteiger partial charge in [-0.1, -0.05) is 269 Å². The normalized spacial score (nSPS) is 12.7. The van der Waals surface area contributed by atoms with Crippen LogP contribution < -0.4 is 5.32 Å². The molecule has 0 bridgehead atoms. The third-order valence-corrected chi connectivity index (χ3v) is 13.5. The highest BCUT2D eigenvalue weighted by Gasteiger charge is 2.20. The maximum Gasteiger partial charge on any atom is 0.305 e. The van der Waals surface area contributed by atoms with Crippen LogP contribution in [-0.4, -0.2) is 47.4 Å². The van der Waals surface area contributed by atoms with E-state index in [9.17, 15) is 19.8 Å². The highest BCUT2D eigenvalue weighted by atomic mass is 16.5. The van der Waals surface area contributed by atoms with Gasteiger partial charge < -0.3 is 20.3 Å². The summed E-state index contributed by atoms with van der Waals surface area (Å²) in [5, 5.41) is 23.2. The van der Waals surface area contributed by atoms with E-state index in [-0.39, 0.29) is 18.5 Å². The van der Waals surface area contributed by atoms with Crippen LogP contribution in [0.1, 0.15) is 316 Å². The third-order valence-electron chi connectivity index (χ3n) is 13.5. The van der Waals surface area contributed by atoms with E-state index in [2.05, 4.69) is 43.5 Å². The molecule has 0 rings (SSSR count). The summed E-state index contributed by atoms with van der Waals surface area (Å²) in [6.45, 7) is 4.91. The Labute approximate surface area is 405 Å². The Morgan fingerprint density at radius 1 is 0.431 bits per heavy atom. The fourth-order valence-corrected chi connectivity index (χ4v) is 9.04. The van der Waals surface area contributed by atoms with E-state index in [1.165, 1.54) is 205 Å². The number of amides is 1. The minimum Gasteiger partial charge on any atom is -0.466 e. The van der Waals surface area contributed by atoms with Gasteiger partial charge in [0.05, 0.1) is 25.4 Å². The number of rotatable bonds is 54. The summed E-state index contributed by atoms with van der Waals surface area (Å²) in [6, 6.07) is -0.557. The van der Waals surface area contributed by atoms with E-state index in [4.69, 9.17) is 4.74 Å². The van der Waals surface area contributed by atoms with Crippen molar-refractivity contribution in [2.24, 2.45) is 0 Å². The van der Waals surface area contributed by atoms with E-state index in [1.807, 2.05) is 0 Å². The first-order valence-corrected chi connectivity index (χ1v) is 29.1. The maximum atomic E-state index is 12.5. The molecule has 6 nitrogen and oxygen atoms in total. The quantitative estimate of drug-likeness (QED) is 0.0321. The molecule has 0 aromatic rings. The molecule has 0 saturated heterocycles. The second kappa shape index (κ2) is 54.9. The van der Waals surface area contributed by atoms with Crippen molar-refractivity contribution in [3.63, 3.8) is 0 Å². The Kier molecular flexibility index (Phi) is 53.5. The first kappa shape index (κ1) is 63.3. The first-order chi connectivity index (χ1) is 32.0. The van der Waals surface area contributed by atoms with Gasteiger partial charge in [-0.15, -0.1) is 0 Å². The molecule has 1 amide bonds. The topological polar surface area (TPSA) is 95.9 Å². The van der Waals surface area contributed by atoms with Gasteiger partial charge in [-0.3, -0.25) is 9.59 Å². The van der Waals surface area contributed by atoms with Gasteiger partial charge in [-0.05, 0) is 57.8 Å². The monoisotopic (exact) mass is 916 g/mol. The summed E-state index contributed by atoms with van der Waals surface area (Å²) in [5.41, 5.74) is 0. The van der Waals surface area contributed by atoms with Crippen LogP contribution in [0.3, 0.4) is 0 Å². The summed E-state index contributed by atoms with van der Waals surface area (Å²) in [6.07, 6.45) is 66.0. The number of hydrogen-bond acceptors (Lipinski definition) is 5. The number of ether oxygens (including phenoxy) is 1. The van der Waals surface area contributed by atoms with Crippen LogP contribution in [0.5, 0.6) is 0 Å². The Morgan fingerprint density at radius 3 is 1.14 bits per heavy atom. The van der Waals surface area contributed by atoms with Crippen LogP contribution in [-0.2, 0) is 14.3 Å². The zero-order valence-corrected chi connectivity index (χ0v) is 43.7. The molecular formula is C59H113NO5. The van der Waals surface area contributed by atoms with Crippen molar-refractivity contribution < 1.29 is 24.5 Å². The summed E-state index contributed by atoms with van der Waals surface area (Å²) < 4.78 is 5.47. The molecule has 0 aliphatic carbocycles. The fraction of sp³-hybridized carbons (Fsp3) is 0.898. The van der Waals surface area contributed by atoms with Crippen molar-refractivity contribution in [3.8, 4) is 0 Å². The standard InChI is InChI=1S/C59H113NO5/c1-3-5-7-9-11-13-15-17-19-20-21-22-25-29-33-37-41-45-49-53-59(64)65-54-50-46-42-38-34-30-26-23-24-28-32-36-40-44-48-52-58(63)60-56(55-61)57(62)51-47-43-39-35-31-27-18-16-14-12-10-8-6-4-2/h23,26,30,34,56-57,61-62H,3-22,24-25,27-29,31-33,35-55H2,1-2H3,(H,60,63)/b26-23-,34-30-. The van der Waals surface area contributed by atoms with Crippen LogP contribution in [0.25, 0.3) is 0 Å². The highest BCUT2D eigenvalue weighted by Crippen LogP contribution is 2.17. The number of allylic oxidation sites excluding steroid dienone is 4. The minimum absolute atomic E-state index is 0.0166. The molecule has 0 aliphatic rings. The molecule has 0 aliphatic heterocycles. The van der Waals surface area contributed by atoms with E-state index in [0.29, 0.717) is 25.9 Å². The summed E-state index contributed by atoms with van der Waals surface area (Å²) in [4.78, 5) is 24.5. The minimum atomic E-state index is -0.678. The second-order valence-electron chi connectivity index (χ2n) is 20.0. The molecule has 0 saturated carbocycles.